The zero-order valence-corrected chi connectivity index (χ0v) is 13.5. The fourth-order valence-electron chi connectivity index (χ4n) is 1.46. The average molecular weight is 299 g/mol. The summed E-state index contributed by atoms with van der Waals surface area (Å²) in [5, 5.41) is 0. The Morgan fingerprint density at radius 1 is 0.944 bits per heavy atom. The Morgan fingerprint density at radius 2 is 1.39 bits per heavy atom. The van der Waals surface area contributed by atoms with E-state index in [4.69, 9.17) is 13.3 Å². The van der Waals surface area contributed by atoms with E-state index in [1.54, 1.807) is 6.92 Å². The molecule has 0 bridgehead atoms. The van der Waals surface area contributed by atoms with Crippen molar-refractivity contribution in [1.29, 1.82) is 0 Å². The molecule has 18 heavy (non-hydrogen) atoms. The Morgan fingerprint density at radius 3 is 1.72 bits per heavy atom. The van der Waals surface area contributed by atoms with E-state index >= 15 is 0 Å². The van der Waals surface area contributed by atoms with E-state index in [0.29, 0.717) is 25.9 Å². The van der Waals surface area contributed by atoms with Gasteiger partial charge < -0.3 is 13.3 Å². The van der Waals surface area contributed by atoms with Crippen LogP contribution in [0.5, 0.6) is 0 Å². The fourth-order valence-corrected chi connectivity index (χ4v) is 4.69. The molecular formula is C10H25NO5SSi. The summed E-state index contributed by atoms with van der Waals surface area (Å²) in [5.74, 6) is 0.0689. The first-order chi connectivity index (χ1) is 8.45. The van der Waals surface area contributed by atoms with Crippen LogP contribution in [0.1, 0.15) is 27.7 Å². The van der Waals surface area contributed by atoms with Crippen molar-refractivity contribution in [2.24, 2.45) is 0 Å². The van der Waals surface area contributed by atoms with Gasteiger partial charge in [-0.1, -0.05) is 0 Å². The van der Waals surface area contributed by atoms with Gasteiger partial charge in [0.15, 0.2) is 0 Å². The Balaban J connectivity index is 4.47. The molecule has 0 aromatic heterocycles. The Hall–Kier alpha value is 0.00688. The maximum absolute atomic E-state index is 11.3. The lowest BCUT2D eigenvalue weighted by atomic mass is 10.8. The van der Waals surface area contributed by atoms with Gasteiger partial charge in [-0.25, -0.2) is 13.1 Å². The van der Waals surface area contributed by atoms with Gasteiger partial charge in [-0.3, -0.25) is 0 Å². The summed E-state index contributed by atoms with van der Waals surface area (Å²) in [4.78, 5) is 0. The molecule has 0 saturated carbocycles. The van der Waals surface area contributed by atoms with Crippen LogP contribution in [0.25, 0.3) is 0 Å². The summed E-state index contributed by atoms with van der Waals surface area (Å²) in [6, 6.07) is 0.446. The molecule has 0 aliphatic rings. The van der Waals surface area contributed by atoms with Crippen LogP contribution in [0.2, 0.25) is 6.04 Å². The standard InChI is InChI=1S/C10H25NO5SSi/c1-5-14-18(15-6-2,16-7-3)10-9-11-17(12,13)8-4/h11H,5-10H2,1-4H3. The van der Waals surface area contributed by atoms with Gasteiger partial charge in [0.25, 0.3) is 0 Å². The van der Waals surface area contributed by atoms with Crippen LogP contribution >= 0.6 is 0 Å². The van der Waals surface area contributed by atoms with Crippen molar-refractivity contribution in [3.63, 3.8) is 0 Å². The topological polar surface area (TPSA) is 73.9 Å². The van der Waals surface area contributed by atoms with E-state index in [-0.39, 0.29) is 12.3 Å². The summed E-state index contributed by atoms with van der Waals surface area (Å²) in [6.07, 6.45) is 0. The molecule has 0 saturated heterocycles. The summed E-state index contributed by atoms with van der Waals surface area (Å²) < 4.78 is 42.0. The van der Waals surface area contributed by atoms with Crippen LogP contribution in [-0.4, -0.2) is 49.3 Å². The molecule has 8 heteroatoms. The highest BCUT2D eigenvalue weighted by atomic mass is 32.2. The maximum Gasteiger partial charge on any atom is 0.502 e. The predicted octanol–water partition coefficient (Wildman–Crippen LogP) is 0.974. The normalized spacial score (nSPS) is 12.9. The quantitative estimate of drug-likeness (QED) is 0.576. The maximum atomic E-state index is 11.3. The molecule has 0 spiro atoms. The van der Waals surface area contributed by atoms with Crippen LogP contribution in [0.4, 0.5) is 0 Å². The van der Waals surface area contributed by atoms with E-state index in [9.17, 15) is 8.42 Å². The fraction of sp³-hybridized carbons (Fsp3) is 1.00. The smallest absolute Gasteiger partial charge is 0.374 e. The molecule has 0 amide bonds. The Bertz CT molecular complexity index is 292. The zero-order chi connectivity index (χ0) is 14.1. The second-order valence-electron chi connectivity index (χ2n) is 3.53. The third kappa shape index (κ3) is 6.81. The molecule has 0 atom stereocenters. The van der Waals surface area contributed by atoms with E-state index in [2.05, 4.69) is 4.72 Å². The molecule has 0 rings (SSSR count). The first-order valence-electron chi connectivity index (χ1n) is 6.34. The second-order valence-corrected chi connectivity index (χ2v) is 8.36. The van der Waals surface area contributed by atoms with Crippen LogP contribution < -0.4 is 4.72 Å². The Labute approximate surface area is 111 Å². The van der Waals surface area contributed by atoms with Crippen LogP contribution in [0, 0.1) is 0 Å². The molecule has 6 nitrogen and oxygen atoms in total. The van der Waals surface area contributed by atoms with Crippen LogP contribution in [0.3, 0.4) is 0 Å². The van der Waals surface area contributed by atoms with E-state index in [1.807, 2.05) is 20.8 Å². The van der Waals surface area contributed by atoms with Gasteiger partial charge in [0.05, 0.1) is 5.75 Å². The third-order valence-electron chi connectivity index (χ3n) is 2.23. The minimum absolute atomic E-state index is 0.0689. The van der Waals surface area contributed by atoms with E-state index in [0.717, 1.165) is 0 Å². The largest absolute Gasteiger partial charge is 0.502 e. The van der Waals surface area contributed by atoms with Crippen LogP contribution in [0.15, 0.2) is 0 Å². The average Bonchev–Trinajstić information content (AvgIpc) is 2.30. The molecule has 0 fully saturated rings. The number of hydrogen-bond donors (Lipinski definition) is 1. The second kappa shape index (κ2) is 9.00. The number of rotatable bonds is 11. The molecule has 0 aromatic carbocycles. The monoisotopic (exact) mass is 299 g/mol. The molecule has 1 N–H and O–H groups in total. The Kier molecular flexibility index (Phi) is 9.00. The molecule has 0 radical (unpaired) electrons. The van der Waals surface area contributed by atoms with Gasteiger partial charge in [0.2, 0.25) is 10.0 Å². The molecule has 0 aromatic rings. The summed E-state index contributed by atoms with van der Waals surface area (Å²) in [7, 11) is -5.92. The van der Waals surface area contributed by atoms with Crippen molar-refractivity contribution in [3.8, 4) is 0 Å². The van der Waals surface area contributed by atoms with Crippen molar-refractivity contribution in [2.75, 3.05) is 32.1 Å². The lowest BCUT2D eigenvalue weighted by molar-refractivity contribution is 0.0717. The number of nitrogens with one attached hydrogen (secondary N) is 1. The van der Waals surface area contributed by atoms with Crippen molar-refractivity contribution in [1.82, 2.24) is 4.72 Å². The van der Waals surface area contributed by atoms with Gasteiger partial charge in [0.1, 0.15) is 0 Å². The molecular weight excluding hydrogens is 274 g/mol. The first kappa shape index (κ1) is 18.0. The van der Waals surface area contributed by atoms with Gasteiger partial charge in [0, 0.05) is 32.4 Å². The van der Waals surface area contributed by atoms with E-state index in [1.165, 1.54) is 0 Å². The highest BCUT2D eigenvalue weighted by molar-refractivity contribution is 7.89. The first-order valence-corrected chi connectivity index (χ1v) is 9.92. The van der Waals surface area contributed by atoms with E-state index < -0.39 is 18.8 Å². The number of hydrogen-bond acceptors (Lipinski definition) is 5. The molecule has 0 unspecified atom stereocenters. The third-order valence-corrected chi connectivity index (χ3v) is 6.68. The van der Waals surface area contributed by atoms with Crippen LogP contribution in [-0.2, 0) is 23.3 Å². The van der Waals surface area contributed by atoms with Gasteiger partial charge in [-0.05, 0) is 27.7 Å². The summed E-state index contributed by atoms with van der Waals surface area (Å²) in [6.45, 7) is 8.97. The lowest BCUT2D eigenvalue weighted by Crippen LogP contribution is -2.48. The molecule has 0 heterocycles. The molecule has 0 aliphatic heterocycles. The van der Waals surface area contributed by atoms with Crippen molar-refractivity contribution in [2.45, 2.75) is 33.7 Å². The molecule has 110 valence electrons. The van der Waals surface area contributed by atoms with Gasteiger partial charge in [-0.15, -0.1) is 0 Å². The highest BCUT2D eigenvalue weighted by Crippen LogP contribution is 2.15. The van der Waals surface area contributed by atoms with Crippen molar-refractivity contribution in [3.05, 3.63) is 0 Å². The number of sulfonamides is 1. The minimum atomic E-state index is -3.18. The van der Waals surface area contributed by atoms with Gasteiger partial charge in [-0.2, -0.15) is 0 Å². The highest BCUT2D eigenvalue weighted by Gasteiger charge is 2.40. The molecule has 0 aliphatic carbocycles. The SMILES string of the molecule is CCO[Si](CCNS(=O)(=O)CC)(OCC)OCC. The predicted molar refractivity (Wildman–Crippen MR) is 72.9 cm³/mol. The van der Waals surface area contributed by atoms with Crippen molar-refractivity contribution < 1.29 is 21.7 Å². The summed E-state index contributed by atoms with van der Waals surface area (Å²) in [5.41, 5.74) is 0. The van der Waals surface area contributed by atoms with Gasteiger partial charge >= 0.3 is 8.80 Å². The van der Waals surface area contributed by atoms with Crippen molar-refractivity contribution >= 4 is 18.8 Å². The summed E-state index contributed by atoms with van der Waals surface area (Å²) >= 11 is 0. The zero-order valence-electron chi connectivity index (χ0n) is 11.7. The minimum Gasteiger partial charge on any atom is -0.374 e. The lowest BCUT2D eigenvalue weighted by Gasteiger charge is -2.28.